The third-order valence-corrected chi connectivity index (χ3v) is 4.61. The van der Waals surface area contributed by atoms with Crippen LogP contribution in [-0.4, -0.2) is 9.97 Å². The van der Waals surface area contributed by atoms with Gasteiger partial charge in [0.25, 0.3) is 0 Å². The Morgan fingerprint density at radius 2 is 1.78 bits per heavy atom. The lowest BCUT2D eigenvalue weighted by molar-refractivity contribution is 0.554. The Morgan fingerprint density at radius 3 is 2.39 bits per heavy atom. The van der Waals surface area contributed by atoms with Crippen molar-refractivity contribution in [2.45, 2.75) is 31.5 Å². The molecule has 18 heavy (non-hydrogen) atoms. The molecule has 2 rings (SSSR count). The molecule has 1 unspecified atom stereocenters. The lowest BCUT2D eigenvalue weighted by Gasteiger charge is -2.13. The molecule has 0 saturated carbocycles. The monoisotopic (exact) mass is 374 g/mol. The van der Waals surface area contributed by atoms with Crippen LogP contribution in [0.2, 0.25) is 0 Å². The number of fused-ring (bicyclic) bond motifs is 1. The van der Waals surface area contributed by atoms with Gasteiger partial charge in [-0.05, 0) is 36.5 Å². The minimum absolute atomic E-state index is 0.164. The number of aromatic amines is 2. The molecule has 1 heterocycles. The van der Waals surface area contributed by atoms with Gasteiger partial charge in [0.15, 0.2) is 0 Å². The molecule has 0 bridgehead atoms. The first-order chi connectivity index (χ1) is 8.47. The summed E-state index contributed by atoms with van der Waals surface area (Å²) in [5.74, 6) is 0.694. The van der Waals surface area contributed by atoms with Crippen molar-refractivity contribution in [1.82, 2.24) is 9.97 Å². The summed E-state index contributed by atoms with van der Waals surface area (Å²) >= 11 is 7.29. The molecule has 1 atom stereocenters. The fraction of sp³-hybridized carbons (Fsp3) is 0.462. The molecule has 5 heteroatoms. The van der Waals surface area contributed by atoms with E-state index in [2.05, 4.69) is 55.7 Å². The minimum Gasteiger partial charge on any atom is -0.306 e. The van der Waals surface area contributed by atoms with Crippen LogP contribution in [0.5, 0.6) is 0 Å². The molecule has 0 radical (unpaired) electrons. The van der Waals surface area contributed by atoms with Crippen molar-refractivity contribution in [2.24, 2.45) is 5.92 Å². The van der Waals surface area contributed by atoms with E-state index in [0.29, 0.717) is 10.7 Å². The van der Waals surface area contributed by atoms with Crippen LogP contribution in [0.1, 0.15) is 37.1 Å². The molecule has 3 nitrogen and oxygen atoms in total. The first-order valence-electron chi connectivity index (χ1n) is 6.03. The predicted octanol–water partition coefficient (Wildman–Crippen LogP) is 4.49. The molecule has 2 N–H and O–H groups in total. The number of halogens is 2. The average Bonchev–Trinajstić information content (AvgIpc) is 2.64. The maximum atomic E-state index is 11.3. The Morgan fingerprint density at radius 1 is 1.17 bits per heavy atom. The first-order valence-corrected chi connectivity index (χ1v) is 7.73. The summed E-state index contributed by atoms with van der Waals surface area (Å²) < 4.78 is 1.02. The second-order valence-electron chi connectivity index (χ2n) is 4.94. The molecule has 0 aliphatic heterocycles. The minimum atomic E-state index is -0.164. The fourth-order valence-electron chi connectivity index (χ4n) is 1.95. The van der Waals surface area contributed by atoms with Crippen LogP contribution in [0, 0.1) is 5.92 Å². The van der Waals surface area contributed by atoms with Crippen molar-refractivity contribution in [3.05, 3.63) is 32.7 Å². The molecular weight excluding hydrogens is 360 g/mol. The second kappa shape index (κ2) is 5.61. The molecule has 0 fully saturated rings. The number of hydrogen-bond acceptors (Lipinski definition) is 1. The quantitative estimate of drug-likeness (QED) is 0.760. The summed E-state index contributed by atoms with van der Waals surface area (Å²) in [6.07, 6.45) is 2.25. The van der Waals surface area contributed by atoms with E-state index in [4.69, 9.17) is 0 Å². The molecule has 0 aliphatic carbocycles. The van der Waals surface area contributed by atoms with Crippen LogP contribution < -0.4 is 5.69 Å². The summed E-state index contributed by atoms with van der Waals surface area (Å²) in [4.78, 5) is 17.1. The molecule has 0 spiro atoms. The highest BCUT2D eigenvalue weighted by Gasteiger charge is 2.14. The molecule has 0 amide bonds. The summed E-state index contributed by atoms with van der Waals surface area (Å²) in [5.41, 5.74) is 2.70. The van der Waals surface area contributed by atoms with Gasteiger partial charge >= 0.3 is 5.69 Å². The number of benzene rings is 1. The number of aromatic nitrogens is 2. The summed E-state index contributed by atoms with van der Waals surface area (Å²) in [7, 11) is 0. The molecule has 0 saturated heterocycles. The second-order valence-corrected chi connectivity index (χ2v) is 6.90. The van der Waals surface area contributed by atoms with Crippen molar-refractivity contribution >= 4 is 42.9 Å². The Bertz CT molecular complexity index is 601. The lowest BCUT2D eigenvalue weighted by atomic mass is 10.0. The fourth-order valence-corrected chi connectivity index (χ4v) is 3.52. The smallest absolute Gasteiger partial charge is 0.306 e. The van der Waals surface area contributed by atoms with E-state index in [9.17, 15) is 4.79 Å². The lowest BCUT2D eigenvalue weighted by Crippen LogP contribution is -1.99. The Kier molecular flexibility index (Phi) is 4.33. The third kappa shape index (κ3) is 3.06. The predicted molar refractivity (Wildman–Crippen MR) is 82.4 cm³/mol. The highest BCUT2D eigenvalue weighted by Crippen LogP contribution is 2.35. The highest BCUT2D eigenvalue weighted by molar-refractivity contribution is 9.11. The summed E-state index contributed by atoms with van der Waals surface area (Å²) in [5, 5.41) is 0. The number of nitrogens with one attached hydrogen (secondary N) is 2. The molecule has 0 aliphatic rings. The van der Waals surface area contributed by atoms with Gasteiger partial charge in [-0.2, -0.15) is 0 Å². The maximum absolute atomic E-state index is 11.3. The molecule has 1 aromatic carbocycles. The van der Waals surface area contributed by atoms with E-state index in [1.807, 2.05) is 12.1 Å². The van der Waals surface area contributed by atoms with E-state index in [1.165, 1.54) is 12.0 Å². The van der Waals surface area contributed by atoms with E-state index in [1.54, 1.807) is 0 Å². The van der Waals surface area contributed by atoms with Gasteiger partial charge in [0.05, 0.1) is 11.0 Å². The first kappa shape index (κ1) is 13.9. The Labute approximate surface area is 123 Å². The number of hydrogen-bond donors (Lipinski definition) is 2. The summed E-state index contributed by atoms with van der Waals surface area (Å²) in [6.45, 7) is 4.45. The van der Waals surface area contributed by atoms with Crippen LogP contribution in [0.25, 0.3) is 11.0 Å². The topological polar surface area (TPSA) is 48.6 Å². The molecule has 2 aromatic rings. The van der Waals surface area contributed by atoms with Crippen molar-refractivity contribution in [2.75, 3.05) is 0 Å². The zero-order valence-corrected chi connectivity index (χ0v) is 13.6. The van der Waals surface area contributed by atoms with Crippen LogP contribution in [0.15, 0.2) is 21.4 Å². The van der Waals surface area contributed by atoms with Gasteiger partial charge in [-0.3, -0.25) is 0 Å². The van der Waals surface area contributed by atoms with Crippen molar-refractivity contribution in [3.8, 4) is 0 Å². The zero-order valence-electron chi connectivity index (χ0n) is 10.4. The Balaban J connectivity index is 2.31. The van der Waals surface area contributed by atoms with E-state index < -0.39 is 0 Å². The van der Waals surface area contributed by atoms with E-state index in [-0.39, 0.29) is 5.69 Å². The molecular formula is C13H16Br2N2O. The van der Waals surface area contributed by atoms with Crippen LogP contribution >= 0.6 is 31.9 Å². The number of alkyl halides is 1. The number of H-pyrrole nitrogens is 2. The third-order valence-electron chi connectivity index (χ3n) is 2.97. The molecule has 98 valence electrons. The van der Waals surface area contributed by atoms with Crippen LogP contribution in [-0.2, 0) is 0 Å². The summed E-state index contributed by atoms with van der Waals surface area (Å²) in [6, 6.07) is 3.98. The maximum Gasteiger partial charge on any atom is 0.323 e. The van der Waals surface area contributed by atoms with Gasteiger partial charge in [-0.25, -0.2) is 4.79 Å². The van der Waals surface area contributed by atoms with Gasteiger partial charge < -0.3 is 9.97 Å². The number of rotatable bonds is 4. The highest BCUT2D eigenvalue weighted by atomic mass is 79.9. The van der Waals surface area contributed by atoms with Gasteiger partial charge in [0.2, 0.25) is 0 Å². The van der Waals surface area contributed by atoms with Gasteiger partial charge in [0.1, 0.15) is 0 Å². The number of imidazole rings is 1. The van der Waals surface area contributed by atoms with Crippen LogP contribution in [0.4, 0.5) is 0 Å². The molecule has 1 aromatic heterocycles. The average molecular weight is 376 g/mol. The van der Waals surface area contributed by atoms with Crippen LogP contribution in [0.3, 0.4) is 0 Å². The van der Waals surface area contributed by atoms with Gasteiger partial charge in [-0.1, -0.05) is 45.7 Å². The normalized spacial score (nSPS) is 13.4. The van der Waals surface area contributed by atoms with Crippen molar-refractivity contribution < 1.29 is 0 Å². The SMILES string of the molecule is CC(C)CCC(Br)c1cc2[nH]c(=O)[nH]c2cc1Br. The van der Waals surface area contributed by atoms with E-state index in [0.717, 1.165) is 21.9 Å². The van der Waals surface area contributed by atoms with E-state index >= 15 is 0 Å². The largest absolute Gasteiger partial charge is 0.323 e. The van der Waals surface area contributed by atoms with Gasteiger partial charge in [0, 0.05) is 9.30 Å². The van der Waals surface area contributed by atoms with Crippen molar-refractivity contribution in [3.63, 3.8) is 0 Å². The van der Waals surface area contributed by atoms with Gasteiger partial charge in [-0.15, -0.1) is 0 Å². The zero-order chi connectivity index (χ0) is 13.3. The Hall–Kier alpha value is -0.550. The standard InChI is InChI=1S/C13H16Br2N2O/c1-7(2)3-4-9(14)8-5-11-12(6-10(8)15)17-13(18)16-11/h5-7,9H,3-4H2,1-2H3,(H2,16,17,18). The van der Waals surface area contributed by atoms with Crippen molar-refractivity contribution in [1.29, 1.82) is 0 Å².